The Morgan fingerprint density at radius 2 is 2.38 bits per heavy atom. The Kier molecular flexibility index (Phi) is 3.07. The summed E-state index contributed by atoms with van der Waals surface area (Å²) in [4.78, 5) is 22.2. The molecule has 2 rings (SSSR count). The lowest BCUT2D eigenvalue weighted by Gasteiger charge is -2.02. The van der Waals surface area contributed by atoms with E-state index in [9.17, 15) is 4.79 Å². The fraction of sp³-hybridized carbons (Fsp3) is 0.182. The highest BCUT2D eigenvalue weighted by molar-refractivity contribution is 5.56. The summed E-state index contributed by atoms with van der Waals surface area (Å²) in [6.07, 6.45) is 3.34. The van der Waals surface area contributed by atoms with Gasteiger partial charge in [0, 0.05) is 31.1 Å². The monoisotopic (exact) mass is 217 g/mol. The van der Waals surface area contributed by atoms with Gasteiger partial charge < -0.3 is 9.72 Å². The zero-order valence-electron chi connectivity index (χ0n) is 8.80. The number of H-pyrrole nitrogens is 1. The number of hydrogen-bond donors (Lipinski definition) is 1. The van der Waals surface area contributed by atoms with Crippen LogP contribution in [0.3, 0.4) is 0 Å². The Morgan fingerprint density at radius 3 is 3.06 bits per heavy atom. The predicted molar refractivity (Wildman–Crippen MR) is 58.8 cm³/mol. The largest absolute Gasteiger partial charge is 0.377 e. The van der Waals surface area contributed by atoms with Gasteiger partial charge in [0.05, 0.1) is 5.69 Å². The summed E-state index contributed by atoms with van der Waals surface area (Å²) >= 11 is 0. The van der Waals surface area contributed by atoms with Gasteiger partial charge in [-0.3, -0.25) is 9.78 Å². The van der Waals surface area contributed by atoms with E-state index in [1.807, 2.05) is 6.07 Å². The molecule has 2 aromatic rings. The summed E-state index contributed by atoms with van der Waals surface area (Å²) in [5.74, 6) is 0.508. The van der Waals surface area contributed by atoms with Crippen LogP contribution in [-0.4, -0.2) is 22.1 Å². The van der Waals surface area contributed by atoms with Crippen LogP contribution >= 0.6 is 0 Å². The van der Waals surface area contributed by atoms with Crippen molar-refractivity contribution in [3.8, 4) is 11.3 Å². The molecule has 0 aliphatic carbocycles. The smallest absolute Gasteiger partial charge is 0.251 e. The SMILES string of the molecule is COCc1nc(-c2cccnc2)cc(=O)[nH]1. The molecule has 2 aromatic heterocycles. The number of rotatable bonds is 3. The third kappa shape index (κ3) is 2.32. The first-order valence-corrected chi connectivity index (χ1v) is 4.79. The van der Waals surface area contributed by atoms with Gasteiger partial charge in [-0.05, 0) is 12.1 Å². The molecular formula is C11H11N3O2. The van der Waals surface area contributed by atoms with Gasteiger partial charge >= 0.3 is 0 Å². The lowest BCUT2D eigenvalue weighted by molar-refractivity contribution is 0.177. The van der Waals surface area contributed by atoms with Crippen molar-refractivity contribution in [2.24, 2.45) is 0 Å². The van der Waals surface area contributed by atoms with E-state index in [0.717, 1.165) is 5.56 Å². The normalized spacial score (nSPS) is 10.3. The fourth-order valence-electron chi connectivity index (χ4n) is 1.38. The summed E-state index contributed by atoms with van der Waals surface area (Å²) in [6.45, 7) is 0.281. The van der Waals surface area contributed by atoms with E-state index in [2.05, 4.69) is 15.0 Å². The molecule has 0 aliphatic heterocycles. The summed E-state index contributed by atoms with van der Waals surface area (Å²) < 4.78 is 4.93. The van der Waals surface area contributed by atoms with Crippen LogP contribution in [0.5, 0.6) is 0 Å². The van der Waals surface area contributed by atoms with Crippen LogP contribution in [-0.2, 0) is 11.3 Å². The number of hydrogen-bond acceptors (Lipinski definition) is 4. The fourth-order valence-corrected chi connectivity index (χ4v) is 1.38. The Bertz CT molecular complexity index is 522. The summed E-state index contributed by atoms with van der Waals surface area (Å²) in [5, 5.41) is 0. The van der Waals surface area contributed by atoms with Crippen molar-refractivity contribution < 1.29 is 4.74 Å². The van der Waals surface area contributed by atoms with E-state index in [1.165, 1.54) is 6.07 Å². The van der Waals surface area contributed by atoms with Crippen molar-refractivity contribution in [3.63, 3.8) is 0 Å². The molecule has 0 radical (unpaired) electrons. The summed E-state index contributed by atoms with van der Waals surface area (Å²) in [5.41, 5.74) is 1.22. The van der Waals surface area contributed by atoms with E-state index < -0.39 is 0 Å². The first-order chi connectivity index (χ1) is 7.79. The van der Waals surface area contributed by atoms with Gasteiger partial charge in [0.15, 0.2) is 0 Å². The molecule has 0 aromatic carbocycles. The maximum Gasteiger partial charge on any atom is 0.251 e. The molecule has 0 bridgehead atoms. The molecule has 0 saturated heterocycles. The number of nitrogens with zero attached hydrogens (tertiary/aromatic N) is 2. The van der Waals surface area contributed by atoms with Crippen LogP contribution in [0.25, 0.3) is 11.3 Å². The Balaban J connectivity index is 2.45. The van der Waals surface area contributed by atoms with Crippen molar-refractivity contribution in [3.05, 3.63) is 46.8 Å². The molecule has 2 heterocycles. The molecule has 0 aliphatic rings. The number of aromatic nitrogens is 3. The molecule has 0 saturated carbocycles. The van der Waals surface area contributed by atoms with Crippen molar-refractivity contribution in [1.29, 1.82) is 0 Å². The van der Waals surface area contributed by atoms with Gasteiger partial charge in [0.2, 0.25) is 0 Å². The molecule has 0 amide bonds. The molecule has 0 atom stereocenters. The minimum Gasteiger partial charge on any atom is -0.377 e. The minimum absolute atomic E-state index is 0.194. The van der Waals surface area contributed by atoms with Crippen LogP contribution in [0.4, 0.5) is 0 Å². The van der Waals surface area contributed by atoms with E-state index in [-0.39, 0.29) is 12.2 Å². The zero-order valence-corrected chi connectivity index (χ0v) is 8.80. The molecular weight excluding hydrogens is 206 g/mol. The maximum atomic E-state index is 11.4. The number of ether oxygens (including phenoxy) is 1. The number of aromatic amines is 1. The number of pyridine rings is 1. The Labute approximate surface area is 92.2 Å². The maximum absolute atomic E-state index is 11.4. The standard InChI is InChI=1S/C11H11N3O2/c1-16-7-10-13-9(5-11(15)14-10)8-3-2-4-12-6-8/h2-6H,7H2,1H3,(H,13,14,15). The van der Waals surface area contributed by atoms with Gasteiger partial charge in [0.25, 0.3) is 5.56 Å². The average molecular weight is 217 g/mol. The van der Waals surface area contributed by atoms with Gasteiger partial charge in [0.1, 0.15) is 12.4 Å². The minimum atomic E-state index is -0.194. The van der Waals surface area contributed by atoms with Gasteiger partial charge in [-0.1, -0.05) is 0 Å². The summed E-state index contributed by atoms with van der Waals surface area (Å²) in [6, 6.07) is 5.09. The van der Waals surface area contributed by atoms with Gasteiger partial charge in [-0.15, -0.1) is 0 Å². The Hall–Kier alpha value is -2.01. The molecule has 1 N–H and O–H groups in total. The Morgan fingerprint density at radius 1 is 1.50 bits per heavy atom. The summed E-state index contributed by atoms with van der Waals surface area (Å²) in [7, 11) is 1.55. The second kappa shape index (κ2) is 4.67. The zero-order chi connectivity index (χ0) is 11.4. The van der Waals surface area contributed by atoms with Crippen LogP contribution < -0.4 is 5.56 Å². The lowest BCUT2D eigenvalue weighted by atomic mass is 10.2. The molecule has 5 nitrogen and oxygen atoms in total. The number of nitrogens with one attached hydrogen (secondary N) is 1. The third-order valence-corrected chi connectivity index (χ3v) is 2.03. The molecule has 0 unspecified atom stereocenters. The van der Waals surface area contributed by atoms with Gasteiger partial charge in [-0.2, -0.15) is 0 Å². The average Bonchev–Trinajstić information content (AvgIpc) is 2.30. The van der Waals surface area contributed by atoms with Crippen molar-refractivity contribution in [2.45, 2.75) is 6.61 Å². The second-order valence-electron chi connectivity index (χ2n) is 3.25. The highest BCUT2D eigenvalue weighted by atomic mass is 16.5. The topological polar surface area (TPSA) is 67.9 Å². The molecule has 82 valence electrons. The first-order valence-electron chi connectivity index (χ1n) is 4.79. The predicted octanol–water partition coefficient (Wildman–Crippen LogP) is 0.978. The molecule has 0 spiro atoms. The number of methoxy groups -OCH3 is 1. The lowest BCUT2D eigenvalue weighted by Crippen LogP contribution is -2.11. The highest BCUT2D eigenvalue weighted by Crippen LogP contribution is 2.12. The van der Waals surface area contributed by atoms with E-state index in [0.29, 0.717) is 11.5 Å². The quantitative estimate of drug-likeness (QED) is 0.832. The first kappa shape index (κ1) is 10.5. The van der Waals surface area contributed by atoms with Crippen LogP contribution in [0.1, 0.15) is 5.82 Å². The van der Waals surface area contributed by atoms with E-state index in [1.54, 1.807) is 25.6 Å². The van der Waals surface area contributed by atoms with Crippen molar-refractivity contribution >= 4 is 0 Å². The molecule has 16 heavy (non-hydrogen) atoms. The van der Waals surface area contributed by atoms with Crippen molar-refractivity contribution in [2.75, 3.05) is 7.11 Å². The van der Waals surface area contributed by atoms with Crippen LogP contribution in [0, 0.1) is 0 Å². The van der Waals surface area contributed by atoms with Crippen LogP contribution in [0.15, 0.2) is 35.4 Å². The van der Waals surface area contributed by atoms with E-state index >= 15 is 0 Å². The van der Waals surface area contributed by atoms with Crippen LogP contribution in [0.2, 0.25) is 0 Å². The second-order valence-corrected chi connectivity index (χ2v) is 3.25. The van der Waals surface area contributed by atoms with E-state index in [4.69, 9.17) is 4.74 Å². The molecule has 0 fully saturated rings. The third-order valence-electron chi connectivity index (χ3n) is 2.03. The highest BCUT2D eigenvalue weighted by Gasteiger charge is 2.03. The van der Waals surface area contributed by atoms with Gasteiger partial charge in [-0.25, -0.2) is 4.98 Å². The van der Waals surface area contributed by atoms with Crippen molar-refractivity contribution in [1.82, 2.24) is 15.0 Å². The molecule has 5 heteroatoms.